The van der Waals surface area contributed by atoms with Crippen molar-refractivity contribution in [3.05, 3.63) is 86.8 Å². The highest BCUT2D eigenvalue weighted by Crippen LogP contribution is 2.39. The number of carbonyl (C=O) groups excluding carboxylic acids is 2. The molecule has 0 saturated heterocycles. The second-order valence-electron chi connectivity index (χ2n) is 15.3. The van der Waals surface area contributed by atoms with Gasteiger partial charge < -0.3 is 47.9 Å². The van der Waals surface area contributed by atoms with Gasteiger partial charge in [-0.05, 0) is 83.5 Å². The number of fused-ring (bicyclic) bond motifs is 3. The summed E-state index contributed by atoms with van der Waals surface area (Å²) in [6.07, 6.45) is 0.0691. The summed E-state index contributed by atoms with van der Waals surface area (Å²) in [6, 6.07) is 14.2. The lowest BCUT2D eigenvalue weighted by Gasteiger charge is -2.19. The van der Waals surface area contributed by atoms with Crippen LogP contribution in [0.5, 0.6) is 5.75 Å². The number of ether oxygens (including phenoxy) is 9. The number of nitrogens with one attached hydrogen (secondary N) is 1. The first kappa shape index (κ1) is 49.7. The van der Waals surface area contributed by atoms with E-state index in [1.54, 1.807) is 35.6 Å². The summed E-state index contributed by atoms with van der Waals surface area (Å²) in [5.41, 5.74) is 3.97. The van der Waals surface area contributed by atoms with Crippen molar-refractivity contribution >= 4 is 46.2 Å². The molecule has 344 valence electrons. The van der Waals surface area contributed by atoms with Gasteiger partial charge in [0.25, 0.3) is 0 Å². The molecule has 0 saturated carbocycles. The molecule has 3 heterocycles. The molecule has 1 N–H and O–H groups in total. The molecule has 1 atom stereocenters. The molecule has 0 aliphatic carbocycles. The van der Waals surface area contributed by atoms with Gasteiger partial charge in [-0.15, -0.1) is 21.5 Å². The van der Waals surface area contributed by atoms with Crippen molar-refractivity contribution < 1.29 is 52.2 Å². The van der Waals surface area contributed by atoms with Crippen LogP contribution >= 0.6 is 22.9 Å². The van der Waals surface area contributed by atoms with Crippen molar-refractivity contribution in [2.75, 3.05) is 104 Å². The van der Waals surface area contributed by atoms with Gasteiger partial charge in [-0.3, -0.25) is 14.4 Å². The standard InChI is InChI=1S/C45H60ClN5O11S/c1-31-32(2)63-44-41(31)42(34-7-9-35(46)10-8-34)48-38(43-50-49-33(3)51(43)44)29-39(52)47-36-11-13-37(14-12-36)61-28-27-59-24-23-57-20-19-55-16-15-54-17-18-56-21-22-58-25-26-60-30-40(53)62-45(4,5)6/h7-14,38H,15-30H2,1-6H3,(H,47,52)/t38-/m0/s1. The van der Waals surface area contributed by atoms with Crippen LogP contribution in [0.3, 0.4) is 0 Å². The van der Waals surface area contributed by atoms with Crippen LogP contribution in [0.15, 0.2) is 53.5 Å². The minimum absolute atomic E-state index is 0.0691. The van der Waals surface area contributed by atoms with E-state index in [1.165, 1.54) is 4.88 Å². The number of esters is 1. The number of hydrogen-bond acceptors (Lipinski definition) is 15. The zero-order valence-corrected chi connectivity index (χ0v) is 38.6. The zero-order chi connectivity index (χ0) is 45.0. The highest BCUT2D eigenvalue weighted by atomic mass is 35.5. The van der Waals surface area contributed by atoms with Crippen LogP contribution in [0, 0.1) is 20.8 Å². The van der Waals surface area contributed by atoms with E-state index < -0.39 is 17.6 Å². The third-order valence-electron chi connectivity index (χ3n) is 9.24. The van der Waals surface area contributed by atoms with Crippen molar-refractivity contribution in [3.8, 4) is 10.8 Å². The van der Waals surface area contributed by atoms with Gasteiger partial charge in [0.05, 0.1) is 98.0 Å². The monoisotopic (exact) mass is 913 g/mol. The first-order valence-electron chi connectivity index (χ1n) is 21.0. The van der Waals surface area contributed by atoms with Crippen molar-refractivity contribution in [1.82, 2.24) is 14.8 Å². The quantitative estimate of drug-likeness (QED) is 0.0474. The van der Waals surface area contributed by atoms with Gasteiger partial charge in [-0.25, -0.2) is 4.79 Å². The Bertz CT molecular complexity index is 2050. The van der Waals surface area contributed by atoms with Crippen molar-refractivity contribution in [1.29, 1.82) is 0 Å². The highest BCUT2D eigenvalue weighted by molar-refractivity contribution is 7.15. The molecule has 1 aliphatic heterocycles. The van der Waals surface area contributed by atoms with E-state index in [9.17, 15) is 9.59 Å². The van der Waals surface area contributed by atoms with Crippen molar-refractivity contribution in [3.63, 3.8) is 0 Å². The molecular weight excluding hydrogens is 854 g/mol. The van der Waals surface area contributed by atoms with Crippen LogP contribution in [0.25, 0.3) is 5.00 Å². The van der Waals surface area contributed by atoms with Crippen LogP contribution in [-0.2, 0) is 47.5 Å². The van der Waals surface area contributed by atoms with E-state index in [-0.39, 0.29) is 18.9 Å². The van der Waals surface area contributed by atoms with Crippen LogP contribution in [0.2, 0.25) is 5.02 Å². The van der Waals surface area contributed by atoms with Crippen LogP contribution < -0.4 is 10.1 Å². The Kier molecular flexibility index (Phi) is 20.4. The molecule has 18 heteroatoms. The number of aliphatic imine (C=N–C) groups is 1. The molecule has 0 radical (unpaired) electrons. The van der Waals surface area contributed by atoms with Crippen LogP contribution in [0.4, 0.5) is 5.69 Å². The number of rotatable bonds is 28. The van der Waals surface area contributed by atoms with Gasteiger partial charge >= 0.3 is 5.97 Å². The number of aryl methyl sites for hydroxylation is 2. The smallest absolute Gasteiger partial charge is 0.332 e. The van der Waals surface area contributed by atoms with Crippen LogP contribution in [0.1, 0.15) is 66.5 Å². The molecule has 5 rings (SSSR count). The summed E-state index contributed by atoms with van der Waals surface area (Å²) < 4.78 is 51.3. The van der Waals surface area contributed by atoms with Gasteiger partial charge in [0.2, 0.25) is 5.91 Å². The molecule has 1 amide bonds. The zero-order valence-electron chi connectivity index (χ0n) is 37.1. The summed E-state index contributed by atoms with van der Waals surface area (Å²) >= 11 is 7.90. The van der Waals surface area contributed by atoms with Gasteiger partial charge in [0.1, 0.15) is 41.4 Å². The Morgan fingerprint density at radius 2 is 1.24 bits per heavy atom. The molecule has 4 aromatic rings. The number of hydrogen-bond donors (Lipinski definition) is 1. The van der Waals surface area contributed by atoms with E-state index in [0.717, 1.165) is 33.2 Å². The first-order chi connectivity index (χ1) is 30.4. The average molecular weight is 915 g/mol. The molecule has 2 aromatic carbocycles. The Morgan fingerprint density at radius 3 is 1.78 bits per heavy atom. The number of thiophene rings is 1. The van der Waals surface area contributed by atoms with Gasteiger partial charge in [-0.1, -0.05) is 23.7 Å². The molecule has 1 aliphatic rings. The molecule has 2 aromatic heterocycles. The van der Waals surface area contributed by atoms with Crippen LogP contribution in [-0.4, -0.2) is 137 Å². The third kappa shape index (κ3) is 16.6. The Morgan fingerprint density at radius 1 is 0.714 bits per heavy atom. The first-order valence-corrected chi connectivity index (χ1v) is 22.2. The Hall–Kier alpha value is -4.30. The number of carbonyl (C=O) groups is 2. The molecular formula is C45H60ClN5O11S. The fourth-order valence-corrected chi connectivity index (χ4v) is 7.56. The number of amides is 1. The number of benzene rings is 2. The van der Waals surface area contributed by atoms with Crippen molar-refractivity contribution in [2.24, 2.45) is 4.99 Å². The Balaban J connectivity index is 0.876. The van der Waals surface area contributed by atoms with Gasteiger partial charge in [0, 0.05) is 26.7 Å². The fraction of sp³-hybridized carbons (Fsp3) is 0.533. The second kappa shape index (κ2) is 25.9. The fourth-order valence-electron chi connectivity index (χ4n) is 6.22. The molecule has 0 bridgehead atoms. The van der Waals surface area contributed by atoms with Gasteiger partial charge in [0.15, 0.2) is 5.82 Å². The maximum absolute atomic E-state index is 13.5. The molecule has 63 heavy (non-hydrogen) atoms. The molecule has 16 nitrogen and oxygen atoms in total. The maximum atomic E-state index is 13.5. The van der Waals surface area contributed by atoms with E-state index in [2.05, 4.69) is 29.4 Å². The third-order valence-corrected chi connectivity index (χ3v) is 10.7. The van der Waals surface area contributed by atoms with Crippen molar-refractivity contribution in [2.45, 2.75) is 59.6 Å². The van der Waals surface area contributed by atoms with E-state index in [1.807, 2.05) is 56.5 Å². The summed E-state index contributed by atoms with van der Waals surface area (Å²) in [5.74, 6) is 1.41. The lowest BCUT2D eigenvalue weighted by atomic mass is 9.99. The average Bonchev–Trinajstić information content (AvgIpc) is 3.72. The number of nitrogens with zero attached hydrogens (tertiary/aromatic N) is 4. The lowest BCUT2D eigenvalue weighted by Crippen LogP contribution is -2.27. The normalized spacial score (nSPS) is 13.6. The molecule has 0 spiro atoms. The summed E-state index contributed by atoms with van der Waals surface area (Å²) in [6.45, 7) is 17.3. The number of aromatic nitrogens is 3. The number of halogens is 1. The lowest BCUT2D eigenvalue weighted by molar-refractivity contribution is -0.160. The maximum Gasteiger partial charge on any atom is 0.332 e. The number of anilines is 1. The summed E-state index contributed by atoms with van der Waals surface area (Å²) in [4.78, 5) is 31.4. The molecule has 0 fully saturated rings. The van der Waals surface area contributed by atoms with E-state index in [0.29, 0.717) is 115 Å². The topological polar surface area (TPSA) is 172 Å². The Labute approximate surface area is 378 Å². The minimum Gasteiger partial charge on any atom is -0.491 e. The molecule has 0 unspecified atom stereocenters. The van der Waals surface area contributed by atoms with E-state index in [4.69, 9.17) is 59.2 Å². The highest BCUT2D eigenvalue weighted by Gasteiger charge is 2.32. The summed E-state index contributed by atoms with van der Waals surface area (Å²) in [5, 5.41) is 13.5. The largest absolute Gasteiger partial charge is 0.491 e. The minimum atomic E-state index is -0.571. The second-order valence-corrected chi connectivity index (χ2v) is 17.0. The predicted octanol–water partition coefficient (Wildman–Crippen LogP) is 6.67. The van der Waals surface area contributed by atoms with Gasteiger partial charge in [-0.2, -0.15) is 0 Å². The SMILES string of the molecule is Cc1sc2c(c1C)C(c1ccc(Cl)cc1)=N[C@@H](CC(=O)Nc1ccc(OCCOCCOCCOCCOCCOCCOCCOCC(=O)OC(C)(C)C)cc1)c1nnc(C)n1-2. The predicted molar refractivity (Wildman–Crippen MR) is 240 cm³/mol. The summed E-state index contributed by atoms with van der Waals surface area (Å²) in [7, 11) is 0. The van der Waals surface area contributed by atoms with E-state index >= 15 is 0 Å².